The fourth-order valence-corrected chi connectivity index (χ4v) is 4.29. The highest BCUT2D eigenvalue weighted by molar-refractivity contribution is 6.15. The summed E-state index contributed by atoms with van der Waals surface area (Å²) in [6.45, 7) is 2.25. The number of benzene rings is 2. The van der Waals surface area contributed by atoms with E-state index < -0.39 is 23.5 Å². The number of pyridine rings is 1. The molecule has 0 fully saturated rings. The molecule has 1 N–H and O–H groups in total. The minimum absolute atomic E-state index is 0.0292. The monoisotopic (exact) mass is 480 g/mol. The van der Waals surface area contributed by atoms with Crippen LogP contribution >= 0.6 is 0 Å². The molecule has 1 atom stereocenters. The lowest BCUT2D eigenvalue weighted by Crippen LogP contribution is -2.30. The summed E-state index contributed by atoms with van der Waals surface area (Å²) in [6, 6.07) is 23.0. The standard InChI is InChI=1S/C29H24N2O5/c1-19-12-13-24(36-19)27(32)25-26(31(29(34)28(25)33)17-21-9-6-14-30-16-21)22-10-5-11-23(15-22)35-18-20-7-3-2-4-8-20/h2-16,26,33H,17-18H2,1H3/t26-/m0/s1. The molecular weight excluding hydrogens is 456 g/mol. The van der Waals surface area contributed by atoms with Crippen LogP contribution in [0.25, 0.3) is 0 Å². The smallest absolute Gasteiger partial charge is 0.290 e. The van der Waals surface area contributed by atoms with Crippen molar-refractivity contribution in [2.75, 3.05) is 0 Å². The summed E-state index contributed by atoms with van der Waals surface area (Å²) in [5, 5.41) is 10.9. The van der Waals surface area contributed by atoms with Crippen molar-refractivity contribution < 1.29 is 23.8 Å². The Morgan fingerprint density at radius 2 is 1.83 bits per heavy atom. The van der Waals surface area contributed by atoms with E-state index in [0.29, 0.717) is 23.7 Å². The summed E-state index contributed by atoms with van der Waals surface area (Å²) >= 11 is 0. The van der Waals surface area contributed by atoms with Crippen molar-refractivity contribution in [3.8, 4) is 5.75 Å². The normalized spacial score (nSPS) is 15.4. The second-order valence-corrected chi connectivity index (χ2v) is 8.55. The van der Waals surface area contributed by atoms with E-state index >= 15 is 0 Å². The van der Waals surface area contributed by atoms with Crippen molar-refractivity contribution in [1.82, 2.24) is 9.88 Å². The van der Waals surface area contributed by atoms with Gasteiger partial charge in [0.25, 0.3) is 5.91 Å². The first-order valence-electron chi connectivity index (χ1n) is 11.5. The van der Waals surface area contributed by atoms with Gasteiger partial charge in [-0.15, -0.1) is 0 Å². The highest BCUT2D eigenvalue weighted by atomic mass is 16.5. The molecule has 180 valence electrons. The van der Waals surface area contributed by atoms with Gasteiger partial charge in [-0.2, -0.15) is 0 Å². The highest BCUT2D eigenvalue weighted by Crippen LogP contribution is 2.41. The SMILES string of the molecule is Cc1ccc(C(=O)C2=C(O)C(=O)N(Cc3cccnc3)[C@H]2c2cccc(OCc3ccccc3)c2)o1. The molecule has 7 nitrogen and oxygen atoms in total. The minimum Gasteiger partial charge on any atom is -0.503 e. The number of ether oxygens (including phenoxy) is 1. The van der Waals surface area contributed by atoms with E-state index in [4.69, 9.17) is 9.15 Å². The fourth-order valence-electron chi connectivity index (χ4n) is 4.29. The van der Waals surface area contributed by atoms with Gasteiger partial charge in [-0.25, -0.2) is 0 Å². The van der Waals surface area contributed by atoms with Gasteiger partial charge >= 0.3 is 0 Å². The zero-order chi connectivity index (χ0) is 25.1. The van der Waals surface area contributed by atoms with E-state index in [-0.39, 0.29) is 17.9 Å². The first-order chi connectivity index (χ1) is 17.5. The van der Waals surface area contributed by atoms with Crippen LogP contribution in [-0.4, -0.2) is 26.7 Å². The number of aliphatic hydroxyl groups excluding tert-OH is 1. The van der Waals surface area contributed by atoms with Crippen molar-refractivity contribution in [3.05, 3.63) is 131 Å². The van der Waals surface area contributed by atoms with Crippen LogP contribution in [0.2, 0.25) is 0 Å². The van der Waals surface area contributed by atoms with Gasteiger partial charge in [0.1, 0.15) is 18.1 Å². The van der Waals surface area contributed by atoms with Crippen LogP contribution in [0.15, 0.2) is 107 Å². The number of furan rings is 1. The molecular formula is C29H24N2O5. The molecule has 0 bridgehead atoms. The Morgan fingerprint density at radius 3 is 2.56 bits per heavy atom. The maximum atomic E-state index is 13.5. The second-order valence-electron chi connectivity index (χ2n) is 8.55. The van der Waals surface area contributed by atoms with E-state index in [1.807, 2.05) is 48.5 Å². The number of aromatic nitrogens is 1. The lowest BCUT2D eigenvalue weighted by atomic mass is 9.94. The molecule has 0 saturated carbocycles. The molecule has 4 aromatic rings. The lowest BCUT2D eigenvalue weighted by Gasteiger charge is -2.27. The summed E-state index contributed by atoms with van der Waals surface area (Å²) < 4.78 is 11.5. The molecule has 0 radical (unpaired) electrons. The summed E-state index contributed by atoms with van der Waals surface area (Å²) in [4.78, 5) is 32.3. The average Bonchev–Trinajstić information content (AvgIpc) is 3.45. The lowest BCUT2D eigenvalue weighted by molar-refractivity contribution is -0.130. The van der Waals surface area contributed by atoms with Crippen LogP contribution in [0.1, 0.15) is 39.0 Å². The number of aliphatic hydroxyl groups is 1. The number of rotatable bonds is 8. The molecule has 1 amide bonds. The average molecular weight is 481 g/mol. The molecule has 0 spiro atoms. The molecule has 5 rings (SSSR count). The number of amides is 1. The third-order valence-electron chi connectivity index (χ3n) is 6.01. The van der Waals surface area contributed by atoms with E-state index in [0.717, 1.165) is 11.1 Å². The Labute approximate surface area is 208 Å². The van der Waals surface area contributed by atoms with Crippen molar-refractivity contribution >= 4 is 11.7 Å². The molecule has 0 saturated heterocycles. The van der Waals surface area contributed by atoms with Crippen molar-refractivity contribution in [3.63, 3.8) is 0 Å². The fraction of sp³-hybridized carbons (Fsp3) is 0.138. The number of aryl methyl sites for hydroxylation is 1. The molecule has 7 heteroatoms. The third-order valence-corrected chi connectivity index (χ3v) is 6.01. The quantitative estimate of drug-likeness (QED) is 0.342. The maximum Gasteiger partial charge on any atom is 0.290 e. The predicted octanol–water partition coefficient (Wildman–Crippen LogP) is 5.34. The summed E-state index contributed by atoms with van der Waals surface area (Å²) in [6.07, 6.45) is 3.29. The number of carbonyl (C=O) groups excluding carboxylic acids is 2. The van der Waals surface area contributed by atoms with E-state index in [2.05, 4.69) is 4.98 Å². The summed E-state index contributed by atoms with van der Waals surface area (Å²) in [5.41, 5.74) is 2.38. The Hall–Kier alpha value is -4.65. The van der Waals surface area contributed by atoms with Gasteiger partial charge in [0.2, 0.25) is 5.78 Å². The molecule has 36 heavy (non-hydrogen) atoms. The van der Waals surface area contributed by atoms with Gasteiger partial charge in [0.15, 0.2) is 11.5 Å². The van der Waals surface area contributed by atoms with Crippen LogP contribution in [0.4, 0.5) is 0 Å². The Balaban J connectivity index is 1.52. The maximum absolute atomic E-state index is 13.5. The molecule has 2 aromatic heterocycles. The summed E-state index contributed by atoms with van der Waals surface area (Å²) in [7, 11) is 0. The van der Waals surface area contributed by atoms with Gasteiger partial charge in [-0.3, -0.25) is 14.6 Å². The Kier molecular flexibility index (Phi) is 6.36. The van der Waals surface area contributed by atoms with Crippen LogP contribution in [0, 0.1) is 6.92 Å². The highest BCUT2D eigenvalue weighted by Gasteiger charge is 2.44. The molecule has 1 aliphatic heterocycles. The zero-order valence-electron chi connectivity index (χ0n) is 19.6. The molecule has 0 aliphatic carbocycles. The number of Topliss-reactive ketones (excluding diaryl/α,β-unsaturated/α-hetero) is 1. The first-order valence-corrected chi connectivity index (χ1v) is 11.5. The number of hydrogen-bond donors (Lipinski definition) is 1. The van der Waals surface area contributed by atoms with Crippen LogP contribution in [0.3, 0.4) is 0 Å². The molecule has 0 unspecified atom stereocenters. The molecule has 3 heterocycles. The van der Waals surface area contributed by atoms with Gasteiger partial charge in [0, 0.05) is 18.9 Å². The first kappa shape index (κ1) is 23.1. The van der Waals surface area contributed by atoms with E-state index in [9.17, 15) is 14.7 Å². The van der Waals surface area contributed by atoms with Gasteiger partial charge in [-0.1, -0.05) is 48.5 Å². The van der Waals surface area contributed by atoms with Gasteiger partial charge in [-0.05, 0) is 53.9 Å². The Morgan fingerprint density at radius 1 is 1.03 bits per heavy atom. The minimum atomic E-state index is -0.837. The van der Waals surface area contributed by atoms with Gasteiger partial charge in [0.05, 0.1) is 11.6 Å². The molecule has 2 aromatic carbocycles. The molecule has 1 aliphatic rings. The predicted molar refractivity (Wildman–Crippen MR) is 132 cm³/mol. The number of nitrogens with zero attached hydrogens (tertiary/aromatic N) is 2. The summed E-state index contributed by atoms with van der Waals surface area (Å²) in [5.74, 6) is -0.556. The topological polar surface area (TPSA) is 92.9 Å². The zero-order valence-corrected chi connectivity index (χ0v) is 19.6. The van der Waals surface area contributed by atoms with Crippen LogP contribution in [0.5, 0.6) is 5.75 Å². The second kappa shape index (κ2) is 9.92. The van der Waals surface area contributed by atoms with Gasteiger partial charge < -0.3 is 19.2 Å². The van der Waals surface area contributed by atoms with Crippen molar-refractivity contribution in [1.29, 1.82) is 0 Å². The van der Waals surface area contributed by atoms with Crippen LogP contribution < -0.4 is 4.74 Å². The van der Waals surface area contributed by atoms with Crippen LogP contribution in [-0.2, 0) is 17.9 Å². The van der Waals surface area contributed by atoms with Crippen molar-refractivity contribution in [2.45, 2.75) is 26.1 Å². The number of carbonyl (C=O) groups is 2. The Bertz CT molecular complexity index is 1430. The number of hydrogen-bond acceptors (Lipinski definition) is 6. The largest absolute Gasteiger partial charge is 0.503 e. The number of ketones is 1. The van der Waals surface area contributed by atoms with E-state index in [1.165, 1.54) is 4.90 Å². The van der Waals surface area contributed by atoms with E-state index in [1.54, 1.807) is 49.6 Å². The third kappa shape index (κ3) is 4.63. The van der Waals surface area contributed by atoms with Crippen molar-refractivity contribution in [2.24, 2.45) is 0 Å².